The molecule has 1 nitrogen and oxygen atoms in total. The molecule has 14 heavy (non-hydrogen) atoms. The van der Waals surface area contributed by atoms with E-state index in [0.29, 0.717) is 5.02 Å². The van der Waals surface area contributed by atoms with E-state index in [1.54, 1.807) is 0 Å². The van der Waals surface area contributed by atoms with Crippen molar-refractivity contribution in [2.75, 3.05) is 6.61 Å². The highest BCUT2D eigenvalue weighted by Gasteiger charge is 1.99. The number of benzene rings is 1. The van der Waals surface area contributed by atoms with Crippen LogP contribution in [0.1, 0.15) is 18.9 Å². The molecule has 0 aromatic heterocycles. The lowest BCUT2D eigenvalue weighted by Crippen LogP contribution is -1.88. The molecule has 0 saturated heterocycles. The van der Waals surface area contributed by atoms with Gasteiger partial charge in [0, 0.05) is 9.50 Å². The van der Waals surface area contributed by atoms with Gasteiger partial charge < -0.3 is 5.11 Å². The predicted molar refractivity (Wildman–Crippen MR) is 64.5 cm³/mol. The Hall–Kier alpha value is -0.310. The minimum Gasteiger partial charge on any atom is -0.392 e. The van der Waals surface area contributed by atoms with Gasteiger partial charge in [-0.25, -0.2) is 0 Å². The molecule has 1 N–H and O–H groups in total. The molecule has 0 heterocycles. The Morgan fingerprint density at radius 3 is 2.86 bits per heavy atom. The molecule has 0 radical (unpaired) electrons. The summed E-state index contributed by atoms with van der Waals surface area (Å²) >= 11 is 9.31. The van der Waals surface area contributed by atoms with E-state index in [4.69, 9.17) is 16.7 Å². The molecule has 76 valence electrons. The van der Waals surface area contributed by atoms with Gasteiger partial charge in [0.2, 0.25) is 0 Å². The van der Waals surface area contributed by atoms with Crippen LogP contribution in [-0.2, 0) is 0 Å². The van der Waals surface area contributed by atoms with Crippen LogP contribution in [0.15, 0.2) is 28.2 Å². The first-order valence-electron chi connectivity index (χ1n) is 4.42. The zero-order chi connectivity index (χ0) is 10.6. The number of rotatable bonds is 3. The molecule has 0 aliphatic carbocycles. The summed E-state index contributed by atoms with van der Waals surface area (Å²) < 4.78 is 0.987. The van der Waals surface area contributed by atoms with E-state index in [1.165, 1.54) is 0 Å². The maximum absolute atomic E-state index is 9.03. The molecule has 1 rings (SSSR count). The van der Waals surface area contributed by atoms with Gasteiger partial charge in [-0.15, -0.1) is 0 Å². The molecule has 0 fully saturated rings. The summed E-state index contributed by atoms with van der Waals surface area (Å²) in [4.78, 5) is 0. The Labute approximate surface area is 97.5 Å². The van der Waals surface area contributed by atoms with E-state index in [2.05, 4.69) is 15.9 Å². The fourth-order valence-corrected chi connectivity index (χ4v) is 1.65. The van der Waals surface area contributed by atoms with Crippen molar-refractivity contribution in [3.8, 4) is 0 Å². The van der Waals surface area contributed by atoms with Crippen molar-refractivity contribution in [3.05, 3.63) is 38.8 Å². The molecular formula is C11H12BrClO. The molecule has 0 spiro atoms. The third-order valence-corrected chi connectivity index (χ3v) is 2.93. The molecule has 0 saturated carbocycles. The average molecular weight is 276 g/mol. The van der Waals surface area contributed by atoms with Crippen LogP contribution in [0.5, 0.6) is 0 Å². The maximum atomic E-state index is 9.03. The lowest BCUT2D eigenvalue weighted by atomic mass is 10.1. The average Bonchev–Trinajstić information content (AvgIpc) is 2.19. The number of aliphatic hydroxyl groups is 1. The topological polar surface area (TPSA) is 20.2 Å². The van der Waals surface area contributed by atoms with Crippen molar-refractivity contribution in [2.45, 2.75) is 13.3 Å². The van der Waals surface area contributed by atoms with Crippen molar-refractivity contribution < 1.29 is 5.11 Å². The molecule has 1 aromatic rings. The van der Waals surface area contributed by atoms with Crippen molar-refractivity contribution in [1.82, 2.24) is 0 Å². The van der Waals surface area contributed by atoms with E-state index < -0.39 is 0 Å². The smallest absolute Gasteiger partial charge is 0.0644 e. The SMILES string of the molecule is CCC(=Cc1cc(Cl)ccc1Br)CO. The van der Waals surface area contributed by atoms with E-state index in [1.807, 2.05) is 31.2 Å². The standard InChI is InChI=1S/C11H12BrClO/c1-2-8(7-14)5-9-6-10(13)3-4-11(9)12/h3-6,14H,2,7H2,1H3. The summed E-state index contributed by atoms with van der Waals surface area (Å²) in [5, 5.41) is 9.73. The van der Waals surface area contributed by atoms with Crippen molar-refractivity contribution in [3.63, 3.8) is 0 Å². The van der Waals surface area contributed by atoms with Gasteiger partial charge in [0.15, 0.2) is 0 Å². The largest absolute Gasteiger partial charge is 0.392 e. The minimum atomic E-state index is 0.0927. The zero-order valence-corrected chi connectivity index (χ0v) is 10.3. The van der Waals surface area contributed by atoms with Crippen LogP contribution in [-0.4, -0.2) is 11.7 Å². The summed E-state index contributed by atoms with van der Waals surface area (Å²) in [6, 6.07) is 5.60. The first-order valence-corrected chi connectivity index (χ1v) is 5.59. The Kier molecular flexibility index (Phi) is 4.66. The normalized spacial score (nSPS) is 11.9. The summed E-state index contributed by atoms with van der Waals surface area (Å²) in [5.41, 5.74) is 2.00. The molecule has 0 unspecified atom stereocenters. The van der Waals surface area contributed by atoms with Crippen LogP contribution in [0.4, 0.5) is 0 Å². The monoisotopic (exact) mass is 274 g/mol. The molecule has 3 heteroatoms. The highest BCUT2D eigenvalue weighted by molar-refractivity contribution is 9.10. The van der Waals surface area contributed by atoms with Gasteiger partial charge in [-0.1, -0.05) is 40.5 Å². The number of halogens is 2. The Morgan fingerprint density at radius 1 is 1.57 bits per heavy atom. The first kappa shape index (κ1) is 11.8. The summed E-state index contributed by atoms with van der Waals surface area (Å²) in [7, 11) is 0. The van der Waals surface area contributed by atoms with Crippen LogP contribution in [0, 0.1) is 0 Å². The van der Waals surface area contributed by atoms with Crippen molar-refractivity contribution in [2.24, 2.45) is 0 Å². The quantitative estimate of drug-likeness (QED) is 0.887. The molecule has 0 aliphatic rings. The van der Waals surface area contributed by atoms with Gasteiger partial charge in [-0.05, 0) is 35.8 Å². The number of hydrogen-bond donors (Lipinski definition) is 1. The molecular weight excluding hydrogens is 263 g/mol. The Bertz CT molecular complexity index is 341. The Balaban J connectivity index is 3.06. The van der Waals surface area contributed by atoms with Gasteiger partial charge in [-0.3, -0.25) is 0 Å². The fraction of sp³-hybridized carbons (Fsp3) is 0.273. The third-order valence-electron chi connectivity index (χ3n) is 1.97. The molecule has 0 bridgehead atoms. The van der Waals surface area contributed by atoms with Gasteiger partial charge in [0.1, 0.15) is 0 Å². The molecule has 1 aromatic carbocycles. The fourth-order valence-electron chi connectivity index (χ4n) is 1.10. The van der Waals surface area contributed by atoms with E-state index in [0.717, 1.165) is 22.0 Å². The molecule has 0 aliphatic heterocycles. The maximum Gasteiger partial charge on any atom is 0.0644 e. The van der Waals surface area contributed by atoms with Gasteiger partial charge >= 0.3 is 0 Å². The van der Waals surface area contributed by atoms with E-state index >= 15 is 0 Å². The van der Waals surface area contributed by atoms with Crippen LogP contribution < -0.4 is 0 Å². The van der Waals surface area contributed by atoms with Gasteiger partial charge in [0.05, 0.1) is 6.61 Å². The zero-order valence-electron chi connectivity index (χ0n) is 7.93. The summed E-state index contributed by atoms with van der Waals surface area (Å²) in [6.45, 7) is 2.11. The van der Waals surface area contributed by atoms with Crippen molar-refractivity contribution >= 4 is 33.6 Å². The van der Waals surface area contributed by atoms with Gasteiger partial charge in [0.25, 0.3) is 0 Å². The lowest BCUT2D eigenvalue weighted by Gasteiger charge is -2.03. The highest BCUT2D eigenvalue weighted by Crippen LogP contribution is 2.23. The van der Waals surface area contributed by atoms with Crippen LogP contribution >= 0.6 is 27.5 Å². The van der Waals surface area contributed by atoms with Crippen LogP contribution in [0.3, 0.4) is 0 Å². The van der Waals surface area contributed by atoms with Crippen LogP contribution in [0.25, 0.3) is 6.08 Å². The minimum absolute atomic E-state index is 0.0927. The lowest BCUT2D eigenvalue weighted by molar-refractivity contribution is 0.329. The summed E-state index contributed by atoms with van der Waals surface area (Å²) in [6.07, 6.45) is 2.80. The second-order valence-electron chi connectivity index (χ2n) is 2.98. The molecule has 0 amide bonds. The number of hydrogen-bond acceptors (Lipinski definition) is 1. The summed E-state index contributed by atoms with van der Waals surface area (Å²) in [5.74, 6) is 0. The van der Waals surface area contributed by atoms with E-state index in [-0.39, 0.29) is 6.61 Å². The van der Waals surface area contributed by atoms with Crippen LogP contribution in [0.2, 0.25) is 5.02 Å². The number of aliphatic hydroxyl groups excluding tert-OH is 1. The van der Waals surface area contributed by atoms with Gasteiger partial charge in [-0.2, -0.15) is 0 Å². The highest BCUT2D eigenvalue weighted by atomic mass is 79.9. The Morgan fingerprint density at radius 2 is 2.29 bits per heavy atom. The predicted octanol–water partition coefficient (Wildman–Crippen LogP) is 3.89. The second-order valence-corrected chi connectivity index (χ2v) is 4.27. The molecule has 0 atom stereocenters. The first-order chi connectivity index (χ1) is 6.67. The van der Waals surface area contributed by atoms with E-state index in [9.17, 15) is 0 Å². The third kappa shape index (κ3) is 3.12. The van der Waals surface area contributed by atoms with Crippen molar-refractivity contribution in [1.29, 1.82) is 0 Å². The second kappa shape index (κ2) is 5.54.